The zero-order valence-corrected chi connectivity index (χ0v) is 14.7. The van der Waals surface area contributed by atoms with Gasteiger partial charge < -0.3 is 15.1 Å². The summed E-state index contributed by atoms with van der Waals surface area (Å²) < 4.78 is 49.2. The molecule has 0 amide bonds. The number of nitrogens with zero attached hydrogens (tertiary/aromatic N) is 1. The van der Waals surface area contributed by atoms with Crippen LogP contribution in [-0.4, -0.2) is 14.4 Å². The predicted octanol–water partition coefficient (Wildman–Crippen LogP) is 3.52. The Morgan fingerprint density at radius 2 is 1.96 bits per heavy atom. The zero-order valence-electron chi connectivity index (χ0n) is 15.9. The molecule has 1 aliphatic rings. The van der Waals surface area contributed by atoms with Gasteiger partial charge >= 0.3 is 0 Å². The lowest BCUT2D eigenvalue weighted by Gasteiger charge is -2.22. The lowest BCUT2D eigenvalue weighted by Crippen LogP contribution is -2.34. The minimum absolute atomic E-state index is 0.0323. The molecule has 132 valence electrons. The van der Waals surface area contributed by atoms with Gasteiger partial charge in [-0.15, -0.1) is 4.40 Å². The molecule has 2 N–H and O–H groups in total. The number of aryl methyl sites for hydroxylation is 1. The third-order valence-corrected chi connectivity index (χ3v) is 5.42. The first-order valence-electron chi connectivity index (χ1n) is 8.96. The van der Waals surface area contributed by atoms with Gasteiger partial charge in [-0.3, -0.25) is 0 Å². The van der Waals surface area contributed by atoms with Gasteiger partial charge in [0.1, 0.15) is 12.0 Å². The number of rotatable bonds is 3. The summed E-state index contributed by atoms with van der Waals surface area (Å²) in [6.07, 6.45) is -0.241. The Morgan fingerprint density at radius 1 is 1.15 bits per heavy atom. The van der Waals surface area contributed by atoms with Gasteiger partial charge in [0.25, 0.3) is 10.0 Å². The van der Waals surface area contributed by atoms with E-state index in [4.69, 9.17) is 7.16 Å². The van der Waals surface area contributed by atoms with Crippen LogP contribution < -0.4 is 10.6 Å². The minimum atomic E-state index is -3.88. The second-order valence-corrected chi connectivity index (χ2v) is 7.42. The van der Waals surface area contributed by atoms with E-state index in [-0.39, 0.29) is 29.7 Å². The minimum Gasteiger partial charge on any atom is -0.467 e. The molecule has 2 heterocycles. The number of anilines is 1. The van der Waals surface area contributed by atoms with E-state index in [1.54, 1.807) is 6.07 Å². The van der Waals surface area contributed by atoms with Crippen LogP contribution in [0.25, 0.3) is 11.1 Å². The van der Waals surface area contributed by atoms with Crippen molar-refractivity contribution in [2.75, 3.05) is 5.32 Å². The van der Waals surface area contributed by atoms with E-state index >= 15 is 0 Å². The molecule has 3 aromatic rings. The third kappa shape index (κ3) is 2.97. The number of para-hydroxylation sites is 1. The van der Waals surface area contributed by atoms with Crippen molar-refractivity contribution < 1.29 is 15.6 Å². The van der Waals surface area contributed by atoms with Crippen molar-refractivity contribution >= 4 is 21.7 Å². The van der Waals surface area contributed by atoms with Crippen LogP contribution in [0.5, 0.6) is 0 Å². The Hall–Kier alpha value is -3.06. The van der Waals surface area contributed by atoms with Crippen molar-refractivity contribution in [3.63, 3.8) is 0 Å². The monoisotopic (exact) mass is 369 g/mol. The Bertz CT molecular complexity index is 1180. The molecule has 0 bridgehead atoms. The Kier molecular flexibility index (Phi) is 3.45. The van der Waals surface area contributed by atoms with E-state index in [0.29, 0.717) is 11.4 Å². The molecule has 1 aromatic heterocycles. The summed E-state index contributed by atoms with van der Waals surface area (Å²) in [6, 6.07) is 14.2. The summed E-state index contributed by atoms with van der Waals surface area (Å²) in [4.78, 5) is 0.110. The topological polar surface area (TPSA) is 83.7 Å². The normalized spacial score (nSPS) is 16.0. The summed E-state index contributed by atoms with van der Waals surface area (Å²) in [7, 11) is -3.88. The van der Waals surface area contributed by atoms with Crippen molar-refractivity contribution in [3.05, 3.63) is 72.1 Å². The van der Waals surface area contributed by atoms with E-state index < -0.39 is 10.0 Å². The predicted molar refractivity (Wildman–Crippen MR) is 100 cm³/mol. The maximum Gasteiger partial charge on any atom is 0.287 e. The highest BCUT2D eigenvalue weighted by Gasteiger charge is 2.27. The Balaban J connectivity index is 1.70. The highest BCUT2D eigenvalue weighted by atomic mass is 32.2. The van der Waals surface area contributed by atoms with Crippen LogP contribution >= 0.6 is 0 Å². The average Bonchev–Trinajstić information content (AvgIpc) is 2.98. The van der Waals surface area contributed by atoms with Gasteiger partial charge in [-0.25, -0.2) is 0 Å². The average molecular weight is 369 g/mol. The van der Waals surface area contributed by atoms with Crippen molar-refractivity contribution in [1.29, 1.82) is 0 Å². The van der Waals surface area contributed by atoms with E-state index in [2.05, 4.69) is 15.0 Å². The number of hydrogen-bond donors (Lipinski definition) is 2. The number of hydrogen-bond acceptors (Lipinski definition) is 5. The largest absolute Gasteiger partial charge is 0.467 e. The molecule has 6 nitrogen and oxygen atoms in total. The summed E-state index contributed by atoms with van der Waals surface area (Å²) in [5.74, 6) is 0.401. The smallest absolute Gasteiger partial charge is 0.287 e. The van der Waals surface area contributed by atoms with Crippen LogP contribution in [0.1, 0.15) is 14.1 Å². The maximum absolute atomic E-state index is 12.7. The molecule has 26 heavy (non-hydrogen) atoms. The Morgan fingerprint density at radius 3 is 2.73 bits per heavy atom. The van der Waals surface area contributed by atoms with E-state index in [1.807, 2.05) is 37.3 Å². The van der Waals surface area contributed by atoms with E-state index in [1.165, 1.54) is 12.1 Å². The van der Waals surface area contributed by atoms with Gasteiger partial charge in [0, 0.05) is 5.56 Å². The van der Waals surface area contributed by atoms with Crippen LogP contribution in [0, 0.1) is 6.92 Å². The molecular weight excluding hydrogens is 350 g/mol. The number of guanidine groups is 1. The van der Waals surface area contributed by atoms with E-state index in [9.17, 15) is 8.42 Å². The van der Waals surface area contributed by atoms with Gasteiger partial charge in [0.05, 0.1) is 19.8 Å². The molecule has 0 saturated heterocycles. The number of sulfonamides is 1. The zero-order chi connectivity index (χ0) is 19.9. The first-order chi connectivity index (χ1) is 13.3. The van der Waals surface area contributed by atoms with Crippen molar-refractivity contribution in [3.8, 4) is 11.1 Å². The fourth-order valence-corrected chi connectivity index (χ4v) is 3.97. The van der Waals surface area contributed by atoms with Crippen molar-refractivity contribution in [2.45, 2.75) is 18.4 Å². The fraction of sp³-hybridized carbons (Fsp3) is 0.105. The molecule has 4 rings (SSSR count). The molecule has 7 heteroatoms. The molecule has 0 atom stereocenters. The highest BCUT2D eigenvalue weighted by molar-refractivity contribution is 7.90. The summed E-state index contributed by atoms with van der Waals surface area (Å²) >= 11 is 0. The summed E-state index contributed by atoms with van der Waals surface area (Å²) in [6.45, 7) is 2.06. The van der Waals surface area contributed by atoms with Gasteiger partial charge in [0.2, 0.25) is 5.96 Å². The lowest BCUT2D eigenvalue weighted by molar-refractivity contribution is 0.503. The van der Waals surface area contributed by atoms with Gasteiger partial charge in [0.15, 0.2) is 0 Å². The van der Waals surface area contributed by atoms with Crippen LogP contribution in [0.15, 0.2) is 74.5 Å². The lowest BCUT2D eigenvalue weighted by atomic mass is 9.99. The standard InChI is InChI=1S/C19H17N3O3S/c1-13-6-2-3-8-15(13)16-9-4-10-17-18(16)21-19(22-26(17,23)24)20-12-14-7-5-11-25-14/h2-11H,12H2,1H3,(H2,20,21,22)/i5D,11D. The Labute approximate surface area is 154 Å². The molecule has 0 saturated carbocycles. The molecular formula is C19H17N3O3S. The van der Waals surface area contributed by atoms with Gasteiger partial charge in [-0.05, 0) is 36.2 Å². The molecule has 1 aliphatic heterocycles. The van der Waals surface area contributed by atoms with Crippen molar-refractivity contribution in [2.24, 2.45) is 4.40 Å². The first kappa shape index (κ1) is 14.1. The fourth-order valence-electron chi connectivity index (χ4n) is 2.85. The first-order valence-corrected chi connectivity index (χ1v) is 9.40. The summed E-state index contributed by atoms with van der Waals surface area (Å²) in [5, 5.41) is 5.93. The van der Waals surface area contributed by atoms with Crippen LogP contribution in [0.3, 0.4) is 0 Å². The SMILES string of the molecule is [2H]c1cc(CNC2=NS(=O)(=O)c3cccc(-c4ccccc4C)c3N2)oc1[2H]. The number of fused-ring (bicyclic) bond motifs is 1. The quantitative estimate of drug-likeness (QED) is 0.738. The summed E-state index contributed by atoms with van der Waals surface area (Å²) in [5.41, 5.74) is 3.16. The van der Waals surface area contributed by atoms with Crippen LogP contribution in [0.2, 0.25) is 0 Å². The van der Waals surface area contributed by atoms with Crippen LogP contribution in [0.4, 0.5) is 5.69 Å². The number of furan rings is 1. The molecule has 0 fully saturated rings. The number of nitrogens with one attached hydrogen (secondary N) is 2. The van der Waals surface area contributed by atoms with Crippen LogP contribution in [-0.2, 0) is 16.6 Å². The molecule has 0 spiro atoms. The molecule has 0 radical (unpaired) electrons. The van der Waals surface area contributed by atoms with Gasteiger partial charge in [-0.2, -0.15) is 8.42 Å². The van der Waals surface area contributed by atoms with E-state index in [0.717, 1.165) is 16.7 Å². The second kappa shape index (κ2) is 6.34. The molecule has 0 aliphatic carbocycles. The molecule has 0 unspecified atom stereocenters. The number of benzene rings is 2. The molecule has 2 aromatic carbocycles. The highest BCUT2D eigenvalue weighted by Crippen LogP contribution is 2.37. The second-order valence-electron chi connectivity index (χ2n) is 5.85. The maximum atomic E-state index is 12.7. The van der Waals surface area contributed by atoms with Crippen molar-refractivity contribution in [1.82, 2.24) is 5.32 Å². The van der Waals surface area contributed by atoms with Gasteiger partial charge in [-0.1, -0.05) is 36.4 Å². The third-order valence-electron chi connectivity index (χ3n) is 4.10.